The van der Waals surface area contributed by atoms with Gasteiger partial charge in [0.2, 0.25) is 5.91 Å². The summed E-state index contributed by atoms with van der Waals surface area (Å²) in [5, 5.41) is 0. The predicted molar refractivity (Wildman–Crippen MR) is 119 cm³/mol. The van der Waals surface area contributed by atoms with Crippen LogP contribution in [0.15, 0.2) is 57.8 Å². The van der Waals surface area contributed by atoms with Gasteiger partial charge >= 0.3 is 0 Å². The quantitative estimate of drug-likeness (QED) is 0.728. The highest BCUT2D eigenvalue weighted by molar-refractivity contribution is 7.90. The first kappa shape index (κ1) is 21.4. The third-order valence-electron chi connectivity index (χ3n) is 5.92. The van der Waals surface area contributed by atoms with E-state index in [0.717, 1.165) is 37.0 Å². The molecular formula is C23H27N3O4S. The van der Waals surface area contributed by atoms with Crippen LogP contribution < -0.4 is 4.74 Å². The summed E-state index contributed by atoms with van der Waals surface area (Å²) in [5.74, 6) is 1.07. The Morgan fingerprint density at radius 3 is 2.61 bits per heavy atom. The van der Waals surface area contributed by atoms with Crippen molar-refractivity contribution in [1.29, 1.82) is 0 Å². The number of likely N-dealkylation sites (tertiary alicyclic amines) is 1. The molecule has 1 fully saturated rings. The molecule has 2 aromatic carbocycles. The number of sulfonamides is 1. The molecule has 0 unspecified atom stereocenters. The van der Waals surface area contributed by atoms with E-state index >= 15 is 0 Å². The Bertz CT molecular complexity index is 1100. The van der Waals surface area contributed by atoms with E-state index in [2.05, 4.69) is 4.40 Å². The number of carbonyl (C=O) groups is 1. The number of amidine groups is 1. The van der Waals surface area contributed by atoms with Crippen molar-refractivity contribution in [3.63, 3.8) is 0 Å². The van der Waals surface area contributed by atoms with Crippen molar-refractivity contribution in [3.05, 3.63) is 59.7 Å². The van der Waals surface area contributed by atoms with E-state index in [9.17, 15) is 13.2 Å². The Hall–Kier alpha value is -2.87. The maximum atomic E-state index is 13.4. The van der Waals surface area contributed by atoms with Gasteiger partial charge in [0.05, 0.1) is 19.7 Å². The van der Waals surface area contributed by atoms with Gasteiger partial charge in [-0.15, -0.1) is 4.40 Å². The van der Waals surface area contributed by atoms with Crippen molar-refractivity contribution < 1.29 is 17.9 Å². The van der Waals surface area contributed by atoms with Crippen LogP contribution in [0.4, 0.5) is 0 Å². The summed E-state index contributed by atoms with van der Waals surface area (Å²) in [6.45, 7) is 0.750. The summed E-state index contributed by atoms with van der Waals surface area (Å²) >= 11 is 0. The van der Waals surface area contributed by atoms with E-state index in [4.69, 9.17) is 4.74 Å². The number of likely N-dealkylation sites (N-methyl/N-ethyl adjacent to an activating group) is 1. The van der Waals surface area contributed by atoms with Gasteiger partial charge in [0.25, 0.3) is 10.0 Å². The standard InChI is InChI=1S/C23H27N3O4S/c1-25(23-19-8-5-6-10-21(19)31(28,29)24-23)16-22(27)26-15-7-3-4-9-20(26)17-11-13-18(30-2)14-12-17/h5-6,8,10-14,20H,3-4,7,9,15-16H2,1-2H3/t20-/m0/s1. The third-order valence-corrected chi connectivity index (χ3v) is 7.25. The third kappa shape index (κ3) is 4.30. The number of amides is 1. The van der Waals surface area contributed by atoms with Gasteiger partial charge in [-0.3, -0.25) is 4.79 Å². The molecule has 1 amide bonds. The minimum atomic E-state index is -3.72. The Labute approximate surface area is 183 Å². The highest BCUT2D eigenvalue weighted by atomic mass is 32.2. The lowest BCUT2D eigenvalue weighted by Crippen LogP contribution is -2.42. The molecule has 8 heteroatoms. The zero-order valence-corrected chi connectivity index (χ0v) is 18.6. The average molecular weight is 442 g/mol. The van der Waals surface area contributed by atoms with Crippen molar-refractivity contribution in [2.24, 2.45) is 4.40 Å². The van der Waals surface area contributed by atoms with Gasteiger partial charge in [-0.1, -0.05) is 37.1 Å². The second-order valence-electron chi connectivity index (χ2n) is 7.97. The number of ether oxygens (including phenoxy) is 1. The first-order chi connectivity index (χ1) is 14.9. The lowest BCUT2D eigenvalue weighted by Gasteiger charge is -2.32. The summed E-state index contributed by atoms with van der Waals surface area (Å²) < 4.78 is 33.9. The van der Waals surface area contributed by atoms with E-state index in [0.29, 0.717) is 17.9 Å². The van der Waals surface area contributed by atoms with Gasteiger partial charge in [-0.05, 0) is 42.7 Å². The largest absolute Gasteiger partial charge is 0.497 e. The normalized spacial score (nSPS) is 19.9. The average Bonchev–Trinajstić information content (AvgIpc) is 2.92. The fourth-order valence-electron chi connectivity index (χ4n) is 4.31. The number of benzene rings is 2. The SMILES string of the molecule is COc1ccc([C@@H]2CCCCCN2C(=O)CN(C)C2=NS(=O)(=O)c3ccccc32)cc1. The van der Waals surface area contributed by atoms with Crippen molar-refractivity contribution in [1.82, 2.24) is 9.80 Å². The molecule has 0 saturated carbocycles. The highest BCUT2D eigenvalue weighted by Gasteiger charge is 2.33. The summed E-state index contributed by atoms with van der Waals surface area (Å²) in [4.78, 5) is 17.1. The molecule has 2 aliphatic rings. The van der Waals surface area contributed by atoms with Crippen LogP contribution in [-0.2, 0) is 14.8 Å². The van der Waals surface area contributed by atoms with Gasteiger partial charge in [0, 0.05) is 19.2 Å². The molecule has 2 aromatic rings. The smallest absolute Gasteiger partial charge is 0.285 e. The first-order valence-corrected chi connectivity index (χ1v) is 11.9. The lowest BCUT2D eigenvalue weighted by molar-refractivity contribution is -0.133. The highest BCUT2D eigenvalue weighted by Crippen LogP contribution is 2.32. The van der Waals surface area contributed by atoms with Crippen LogP contribution in [-0.4, -0.2) is 57.2 Å². The Morgan fingerprint density at radius 1 is 1.13 bits per heavy atom. The Morgan fingerprint density at radius 2 is 1.87 bits per heavy atom. The predicted octanol–water partition coefficient (Wildman–Crippen LogP) is 3.22. The van der Waals surface area contributed by atoms with Crippen molar-refractivity contribution in [3.8, 4) is 5.75 Å². The Kier molecular flexibility index (Phi) is 6.00. The second kappa shape index (κ2) is 8.70. The number of hydrogen-bond donors (Lipinski definition) is 0. The van der Waals surface area contributed by atoms with Crippen LogP contribution in [0.1, 0.15) is 42.9 Å². The van der Waals surface area contributed by atoms with Crippen molar-refractivity contribution >= 4 is 21.8 Å². The van der Waals surface area contributed by atoms with E-state index in [1.165, 1.54) is 0 Å². The summed E-state index contributed by atoms with van der Waals surface area (Å²) in [7, 11) is -0.365. The number of hydrogen-bond acceptors (Lipinski definition) is 5. The molecule has 0 radical (unpaired) electrons. The number of methoxy groups -OCH3 is 1. The zero-order chi connectivity index (χ0) is 22.0. The molecule has 0 aromatic heterocycles. The minimum absolute atomic E-state index is 0.00385. The molecule has 1 atom stereocenters. The number of carbonyl (C=O) groups excluding carboxylic acids is 1. The summed E-state index contributed by atoms with van der Waals surface area (Å²) in [6.07, 6.45) is 4.01. The van der Waals surface area contributed by atoms with Crippen molar-refractivity contribution in [2.75, 3.05) is 27.2 Å². The van der Waals surface area contributed by atoms with Crippen LogP contribution >= 0.6 is 0 Å². The van der Waals surface area contributed by atoms with Gasteiger partial charge in [0.1, 0.15) is 10.6 Å². The molecule has 2 aliphatic heterocycles. The van der Waals surface area contributed by atoms with E-state index < -0.39 is 10.0 Å². The van der Waals surface area contributed by atoms with E-state index in [-0.39, 0.29) is 23.4 Å². The number of nitrogens with zero attached hydrogens (tertiary/aromatic N) is 3. The van der Waals surface area contributed by atoms with Crippen LogP contribution in [0, 0.1) is 0 Å². The monoisotopic (exact) mass is 441 g/mol. The second-order valence-corrected chi connectivity index (χ2v) is 9.54. The van der Waals surface area contributed by atoms with E-state index in [1.807, 2.05) is 29.2 Å². The maximum absolute atomic E-state index is 13.4. The van der Waals surface area contributed by atoms with Gasteiger partial charge in [0.15, 0.2) is 5.84 Å². The molecule has 1 saturated heterocycles. The molecule has 4 rings (SSSR count). The van der Waals surface area contributed by atoms with Crippen LogP contribution in [0.2, 0.25) is 0 Å². The van der Waals surface area contributed by atoms with Crippen LogP contribution in [0.3, 0.4) is 0 Å². The molecule has 7 nitrogen and oxygen atoms in total. The summed E-state index contributed by atoms with van der Waals surface area (Å²) in [5.41, 5.74) is 1.63. The molecule has 2 heterocycles. The topological polar surface area (TPSA) is 79.3 Å². The molecule has 0 N–H and O–H groups in total. The van der Waals surface area contributed by atoms with Gasteiger partial charge in [-0.2, -0.15) is 8.42 Å². The Balaban J connectivity index is 1.56. The fourth-order valence-corrected chi connectivity index (χ4v) is 5.56. The minimum Gasteiger partial charge on any atom is -0.497 e. The van der Waals surface area contributed by atoms with Crippen molar-refractivity contribution in [2.45, 2.75) is 36.6 Å². The van der Waals surface area contributed by atoms with E-state index in [1.54, 1.807) is 43.3 Å². The lowest BCUT2D eigenvalue weighted by atomic mass is 10.0. The molecule has 0 spiro atoms. The fraction of sp³-hybridized carbons (Fsp3) is 0.391. The first-order valence-electron chi connectivity index (χ1n) is 10.5. The molecule has 164 valence electrons. The van der Waals surface area contributed by atoms with Gasteiger partial charge in [-0.25, -0.2) is 0 Å². The molecule has 31 heavy (non-hydrogen) atoms. The molecular weight excluding hydrogens is 414 g/mol. The maximum Gasteiger partial charge on any atom is 0.285 e. The number of fused-ring (bicyclic) bond motifs is 1. The van der Waals surface area contributed by atoms with Gasteiger partial charge < -0.3 is 14.5 Å². The number of rotatable bonds is 4. The zero-order valence-electron chi connectivity index (χ0n) is 17.8. The van der Waals surface area contributed by atoms with Crippen LogP contribution in [0.5, 0.6) is 5.75 Å². The van der Waals surface area contributed by atoms with Crippen LogP contribution in [0.25, 0.3) is 0 Å². The summed E-state index contributed by atoms with van der Waals surface area (Å²) in [6, 6.07) is 14.6. The molecule has 0 bridgehead atoms. The molecule has 0 aliphatic carbocycles.